The van der Waals surface area contributed by atoms with Gasteiger partial charge in [-0.1, -0.05) is 18.2 Å². The van der Waals surface area contributed by atoms with Crippen LogP contribution in [0, 0.1) is 11.7 Å². The average molecular weight is 469 g/mol. The SMILES string of the molecule is O=C(Nc1ccc(C2C=NNC2)cc1SCCN1CCCC1)C1COc2c(F)cccc2C1. The van der Waals surface area contributed by atoms with Crippen LogP contribution in [0.25, 0.3) is 0 Å². The summed E-state index contributed by atoms with van der Waals surface area (Å²) in [6.07, 6.45) is 4.97. The van der Waals surface area contributed by atoms with Gasteiger partial charge in [0.25, 0.3) is 0 Å². The Balaban J connectivity index is 1.29. The van der Waals surface area contributed by atoms with Crippen LogP contribution in [0.2, 0.25) is 0 Å². The lowest BCUT2D eigenvalue weighted by molar-refractivity contribution is -0.121. The molecule has 2 aromatic rings. The second-order valence-corrected chi connectivity index (χ2v) is 9.97. The molecule has 2 N–H and O–H groups in total. The Labute approximate surface area is 198 Å². The molecule has 0 bridgehead atoms. The molecule has 3 aliphatic heterocycles. The maximum atomic E-state index is 14.0. The Kier molecular flexibility index (Phi) is 6.83. The summed E-state index contributed by atoms with van der Waals surface area (Å²) in [6.45, 7) is 4.38. The first-order valence-electron chi connectivity index (χ1n) is 11.6. The molecule has 1 fully saturated rings. The summed E-state index contributed by atoms with van der Waals surface area (Å²) < 4.78 is 19.5. The molecule has 2 unspecified atom stereocenters. The molecule has 0 saturated carbocycles. The molecular formula is C25H29FN4O2S. The molecule has 0 aromatic heterocycles. The van der Waals surface area contributed by atoms with Gasteiger partial charge in [-0.25, -0.2) is 4.39 Å². The maximum absolute atomic E-state index is 14.0. The predicted octanol–water partition coefficient (Wildman–Crippen LogP) is 3.88. The highest BCUT2D eigenvalue weighted by Crippen LogP contribution is 2.34. The first-order valence-corrected chi connectivity index (χ1v) is 12.6. The highest BCUT2D eigenvalue weighted by molar-refractivity contribution is 7.99. The van der Waals surface area contributed by atoms with Gasteiger partial charge in [-0.2, -0.15) is 5.10 Å². The number of anilines is 1. The molecule has 174 valence electrons. The lowest BCUT2D eigenvalue weighted by Gasteiger charge is -2.25. The van der Waals surface area contributed by atoms with Crippen molar-refractivity contribution in [3.8, 4) is 5.75 Å². The van der Waals surface area contributed by atoms with E-state index in [1.807, 2.05) is 18.3 Å². The van der Waals surface area contributed by atoms with Crippen molar-refractivity contribution in [1.82, 2.24) is 10.3 Å². The van der Waals surface area contributed by atoms with E-state index in [0.29, 0.717) is 6.42 Å². The molecule has 0 aliphatic carbocycles. The molecule has 5 rings (SSSR count). The van der Waals surface area contributed by atoms with Gasteiger partial charge < -0.3 is 20.4 Å². The Hall–Kier alpha value is -2.58. The van der Waals surface area contributed by atoms with Crippen LogP contribution >= 0.6 is 11.8 Å². The number of rotatable bonds is 7. The minimum atomic E-state index is -0.372. The zero-order valence-electron chi connectivity index (χ0n) is 18.6. The van der Waals surface area contributed by atoms with Crippen LogP contribution in [-0.2, 0) is 11.2 Å². The number of nitrogens with one attached hydrogen (secondary N) is 2. The molecule has 1 saturated heterocycles. The number of halogens is 1. The first-order chi connectivity index (χ1) is 16.2. The molecular weight excluding hydrogens is 439 g/mol. The fraction of sp³-hybridized carbons (Fsp3) is 0.440. The van der Waals surface area contributed by atoms with E-state index >= 15 is 0 Å². The van der Waals surface area contributed by atoms with Crippen molar-refractivity contribution in [2.45, 2.75) is 30.1 Å². The van der Waals surface area contributed by atoms with Gasteiger partial charge in [0.2, 0.25) is 5.91 Å². The number of likely N-dealkylation sites (tertiary alicyclic amines) is 1. The van der Waals surface area contributed by atoms with Gasteiger partial charge in [0.15, 0.2) is 11.6 Å². The molecule has 2 aromatic carbocycles. The molecule has 8 heteroatoms. The lowest BCUT2D eigenvalue weighted by atomic mass is 9.95. The summed E-state index contributed by atoms with van der Waals surface area (Å²) in [5.41, 5.74) is 5.77. The highest BCUT2D eigenvalue weighted by Gasteiger charge is 2.28. The van der Waals surface area contributed by atoms with Crippen LogP contribution in [-0.4, -0.2) is 55.6 Å². The Morgan fingerprint density at radius 3 is 2.97 bits per heavy atom. The van der Waals surface area contributed by atoms with Crippen LogP contribution in [0.1, 0.15) is 29.9 Å². The van der Waals surface area contributed by atoms with E-state index < -0.39 is 0 Å². The van der Waals surface area contributed by atoms with Crippen molar-refractivity contribution in [3.05, 3.63) is 53.3 Å². The largest absolute Gasteiger partial charge is 0.489 e. The lowest BCUT2D eigenvalue weighted by Crippen LogP contribution is -2.33. The fourth-order valence-corrected chi connectivity index (χ4v) is 5.68. The van der Waals surface area contributed by atoms with E-state index in [4.69, 9.17) is 4.74 Å². The molecule has 0 radical (unpaired) electrons. The summed E-state index contributed by atoms with van der Waals surface area (Å²) in [4.78, 5) is 16.7. The number of thioether (sulfide) groups is 1. The minimum absolute atomic E-state index is 0.0943. The van der Waals surface area contributed by atoms with Crippen LogP contribution < -0.4 is 15.5 Å². The van der Waals surface area contributed by atoms with Gasteiger partial charge >= 0.3 is 0 Å². The summed E-state index contributed by atoms with van der Waals surface area (Å²) in [7, 11) is 0. The smallest absolute Gasteiger partial charge is 0.231 e. The van der Waals surface area contributed by atoms with Crippen molar-refractivity contribution in [3.63, 3.8) is 0 Å². The number of para-hydroxylation sites is 1. The molecule has 1 amide bonds. The monoisotopic (exact) mass is 468 g/mol. The number of amides is 1. The zero-order chi connectivity index (χ0) is 22.6. The van der Waals surface area contributed by atoms with E-state index in [-0.39, 0.29) is 35.9 Å². The summed E-state index contributed by atoms with van der Waals surface area (Å²) >= 11 is 1.78. The number of carbonyl (C=O) groups is 1. The number of ether oxygens (including phenoxy) is 1. The molecule has 0 spiro atoms. The Morgan fingerprint density at radius 2 is 2.15 bits per heavy atom. The average Bonchev–Trinajstić information content (AvgIpc) is 3.55. The van der Waals surface area contributed by atoms with Gasteiger partial charge in [-0.3, -0.25) is 4.79 Å². The van der Waals surface area contributed by atoms with E-state index in [9.17, 15) is 9.18 Å². The van der Waals surface area contributed by atoms with Crippen molar-refractivity contribution in [2.75, 3.05) is 43.9 Å². The van der Waals surface area contributed by atoms with Gasteiger partial charge in [0.1, 0.15) is 6.61 Å². The number of carbonyl (C=O) groups excluding carboxylic acids is 1. The molecule has 33 heavy (non-hydrogen) atoms. The number of hydrazone groups is 1. The van der Waals surface area contributed by atoms with Crippen LogP contribution in [0.15, 0.2) is 46.4 Å². The number of hydrogen-bond acceptors (Lipinski definition) is 6. The topological polar surface area (TPSA) is 66.0 Å². The maximum Gasteiger partial charge on any atom is 0.231 e. The van der Waals surface area contributed by atoms with Crippen molar-refractivity contribution >= 4 is 29.6 Å². The summed E-state index contributed by atoms with van der Waals surface area (Å²) in [5, 5.41) is 7.27. The van der Waals surface area contributed by atoms with Crippen molar-refractivity contribution < 1.29 is 13.9 Å². The van der Waals surface area contributed by atoms with Gasteiger partial charge in [-0.05, 0) is 61.7 Å². The van der Waals surface area contributed by atoms with Crippen LogP contribution in [0.5, 0.6) is 5.75 Å². The second kappa shape index (κ2) is 10.1. The quantitative estimate of drug-likeness (QED) is 0.604. The zero-order valence-corrected chi connectivity index (χ0v) is 19.4. The number of benzene rings is 2. The van der Waals surface area contributed by atoms with Gasteiger partial charge in [-0.15, -0.1) is 11.8 Å². The first kappa shape index (κ1) is 22.2. The number of fused-ring (bicyclic) bond motifs is 1. The predicted molar refractivity (Wildman–Crippen MR) is 130 cm³/mol. The summed E-state index contributed by atoms with van der Waals surface area (Å²) in [6, 6.07) is 11.1. The van der Waals surface area contributed by atoms with Crippen LogP contribution in [0.3, 0.4) is 0 Å². The molecule has 6 nitrogen and oxygen atoms in total. The van der Waals surface area contributed by atoms with Gasteiger partial charge in [0, 0.05) is 35.9 Å². The Morgan fingerprint density at radius 1 is 1.27 bits per heavy atom. The van der Waals surface area contributed by atoms with Crippen molar-refractivity contribution in [2.24, 2.45) is 11.0 Å². The van der Waals surface area contributed by atoms with Crippen molar-refractivity contribution in [1.29, 1.82) is 0 Å². The van der Waals surface area contributed by atoms with E-state index in [1.54, 1.807) is 17.8 Å². The fourth-order valence-electron chi connectivity index (χ4n) is 4.62. The number of nitrogens with zero attached hydrogens (tertiary/aromatic N) is 2. The Bertz CT molecular complexity index is 1040. The normalized spacial score (nSPS) is 22.0. The second-order valence-electron chi connectivity index (χ2n) is 8.83. The van der Waals surface area contributed by atoms with E-state index in [0.717, 1.165) is 35.0 Å². The molecule has 2 atom stereocenters. The highest BCUT2D eigenvalue weighted by atomic mass is 32.2. The standard InChI is InChI=1S/C25H29FN4O2S/c26-21-5-3-4-18-12-19(16-32-24(18)21)25(31)29-22-7-6-17(20-14-27-28-15-20)13-23(22)33-11-10-30-8-1-2-9-30/h3-7,13-14,19-20,28H,1-2,8-12,15-16H2,(H,29,31). The van der Waals surface area contributed by atoms with Crippen LogP contribution in [0.4, 0.5) is 10.1 Å². The minimum Gasteiger partial charge on any atom is -0.489 e. The third-order valence-electron chi connectivity index (χ3n) is 6.53. The molecule has 3 aliphatic rings. The summed E-state index contributed by atoms with van der Waals surface area (Å²) in [5.74, 6) is 0.670. The molecule has 3 heterocycles. The third-order valence-corrected chi connectivity index (χ3v) is 7.56. The van der Waals surface area contributed by atoms with Gasteiger partial charge in [0.05, 0.1) is 11.6 Å². The van der Waals surface area contributed by atoms with E-state index in [2.05, 4.69) is 32.9 Å². The number of hydrogen-bond donors (Lipinski definition) is 2. The third kappa shape index (κ3) is 5.17. The van der Waals surface area contributed by atoms with E-state index in [1.165, 1.54) is 37.6 Å².